The van der Waals surface area contributed by atoms with E-state index in [1.165, 1.54) is 44.9 Å². The molecule has 184 valence electrons. The number of hydrogen-bond acceptors (Lipinski definition) is 7. The highest BCUT2D eigenvalue weighted by Gasteiger charge is 2.40. The van der Waals surface area contributed by atoms with E-state index >= 15 is 0 Å². The van der Waals surface area contributed by atoms with Crippen molar-refractivity contribution in [1.82, 2.24) is 26.0 Å². The molecule has 5 rings (SSSR count). The van der Waals surface area contributed by atoms with Crippen LogP contribution in [0.2, 0.25) is 0 Å². The molecule has 0 radical (unpaired) electrons. The highest BCUT2D eigenvalue weighted by Crippen LogP contribution is 2.34. The maximum Gasteiger partial charge on any atom is 0.0772 e. The lowest BCUT2D eigenvalue weighted by molar-refractivity contribution is 0.00429. The Morgan fingerprint density at radius 3 is 2.69 bits per heavy atom. The van der Waals surface area contributed by atoms with E-state index in [0.29, 0.717) is 36.7 Å². The zero-order chi connectivity index (χ0) is 21.9. The first-order valence-electron chi connectivity index (χ1n) is 13.6. The fourth-order valence-electron chi connectivity index (χ4n) is 6.90. The standard InChI is InChI=1S/C25H47N5O2/c1-18-5-3-6-19(15-18)22-10-12-30(28-22)25-16-24(29(2)20-11-14-31-17-20)26-23(27-25)9-8-21-7-4-13-32-21/h18-28H,3-17H2,1-2H3. The third-order valence-corrected chi connectivity index (χ3v) is 8.94. The highest BCUT2D eigenvalue weighted by molar-refractivity contribution is 4.93. The molecule has 0 amide bonds. The van der Waals surface area contributed by atoms with Gasteiger partial charge in [-0.05, 0) is 70.3 Å². The van der Waals surface area contributed by atoms with Crippen LogP contribution >= 0.6 is 0 Å². The van der Waals surface area contributed by atoms with E-state index < -0.39 is 0 Å². The minimum absolute atomic E-state index is 0.336. The highest BCUT2D eigenvalue weighted by atomic mass is 16.5. The van der Waals surface area contributed by atoms with Crippen LogP contribution in [0.15, 0.2) is 0 Å². The molecule has 1 aliphatic carbocycles. The van der Waals surface area contributed by atoms with Crippen LogP contribution in [0.25, 0.3) is 0 Å². The Balaban J connectivity index is 1.20. The Labute approximate surface area is 195 Å². The SMILES string of the molecule is CC1CCCC(C2CCN(C3CC(N(C)C4CCOC4)NC(CCC4CCCO4)N3)N2)C1. The van der Waals surface area contributed by atoms with Crippen LogP contribution in [0.3, 0.4) is 0 Å². The molecule has 32 heavy (non-hydrogen) atoms. The first kappa shape index (κ1) is 23.5. The summed E-state index contributed by atoms with van der Waals surface area (Å²) in [5.74, 6) is 1.75. The predicted octanol–water partition coefficient (Wildman–Crippen LogP) is 2.63. The van der Waals surface area contributed by atoms with Crippen LogP contribution in [-0.2, 0) is 9.47 Å². The molecule has 0 aromatic carbocycles. The summed E-state index contributed by atoms with van der Waals surface area (Å²) in [6.45, 7) is 6.33. The maximum absolute atomic E-state index is 5.91. The van der Waals surface area contributed by atoms with Gasteiger partial charge in [-0.3, -0.25) is 21.0 Å². The molecule has 0 bridgehead atoms. The fourth-order valence-corrected chi connectivity index (χ4v) is 6.90. The van der Waals surface area contributed by atoms with Crippen LogP contribution < -0.4 is 16.1 Å². The zero-order valence-corrected chi connectivity index (χ0v) is 20.4. The number of hydrazine groups is 1. The van der Waals surface area contributed by atoms with Crippen LogP contribution in [0.5, 0.6) is 0 Å². The van der Waals surface area contributed by atoms with Crippen molar-refractivity contribution in [2.45, 2.75) is 114 Å². The minimum Gasteiger partial charge on any atom is -0.380 e. The van der Waals surface area contributed by atoms with Gasteiger partial charge >= 0.3 is 0 Å². The molecule has 5 fully saturated rings. The Hall–Kier alpha value is -0.280. The summed E-state index contributed by atoms with van der Waals surface area (Å²) in [4.78, 5) is 2.55. The zero-order valence-electron chi connectivity index (χ0n) is 20.4. The lowest BCUT2D eigenvalue weighted by Gasteiger charge is -2.46. The van der Waals surface area contributed by atoms with Gasteiger partial charge in [-0.25, -0.2) is 5.01 Å². The first-order valence-corrected chi connectivity index (χ1v) is 13.6. The van der Waals surface area contributed by atoms with Crippen molar-refractivity contribution in [1.29, 1.82) is 0 Å². The molecule has 4 saturated heterocycles. The van der Waals surface area contributed by atoms with Crippen LogP contribution in [0, 0.1) is 11.8 Å². The average Bonchev–Trinajstić information content (AvgIpc) is 3.59. The monoisotopic (exact) mass is 449 g/mol. The number of nitrogens with zero attached hydrogens (tertiary/aromatic N) is 2. The van der Waals surface area contributed by atoms with Crippen LogP contribution in [0.4, 0.5) is 0 Å². The molecule has 4 heterocycles. The van der Waals surface area contributed by atoms with E-state index in [2.05, 4.69) is 39.9 Å². The molecule has 7 nitrogen and oxygen atoms in total. The van der Waals surface area contributed by atoms with Crippen molar-refractivity contribution in [2.75, 3.05) is 33.4 Å². The molecule has 0 spiro atoms. The van der Waals surface area contributed by atoms with Crippen LogP contribution in [-0.4, -0.2) is 80.0 Å². The number of hydrogen-bond donors (Lipinski definition) is 3. The number of rotatable bonds is 7. The van der Waals surface area contributed by atoms with Gasteiger partial charge in [-0.2, -0.15) is 0 Å². The average molecular weight is 450 g/mol. The second kappa shape index (κ2) is 11.0. The third-order valence-electron chi connectivity index (χ3n) is 8.94. The number of nitrogens with one attached hydrogen (secondary N) is 3. The van der Waals surface area contributed by atoms with E-state index in [-0.39, 0.29) is 0 Å². The van der Waals surface area contributed by atoms with Crippen molar-refractivity contribution < 1.29 is 9.47 Å². The molecular formula is C25H47N5O2. The fraction of sp³-hybridized carbons (Fsp3) is 1.00. The van der Waals surface area contributed by atoms with Gasteiger partial charge in [0.1, 0.15) is 0 Å². The molecule has 3 N–H and O–H groups in total. The minimum atomic E-state index is 0.336. The van der Waals surface area contributed by atoms with Crippen molar-refractivity contribution in [3.05, 3.63) is 0 Å². The summed E-state index contributed by atoms with van der Waals surface area (Å²) in [7, 11) is 2.29. The van der Waals surface area contributed by atoms with E-state index in [9.17, 15) is 0 Å². The second-order valence-corrected chi connectivity index (χ2v) is 11.3. The van der Waals surface area contributed by atoms with E-state index in [1.807, 2.05) is 0 Å². The van der Waals surface area contributed by atoms with Gasteiger partial charge in [-0.1, -0.05) is 19.8 Å². The molecule has 0 aromatic heterocycles. The second-order valence-electron chi connectivity index (χ2n) is 11.3. The van der Waals surface area contributed by atoms with Gasteiger partial charge < -0.3 is 9.47 Å². The van der Waals surface area contributed by atoms with Gasteiger partial charge in [0.05, 0.1) is 31.2 Å². The topological polar surface area (TPSA) is 61.0 Å². The molecule has 0 aromatic rings. The summed E-state index contributed by atoms with van der Waals surface area (Å²) in [5.41, 5.74) is 3.97. The molecule has 1 saturated carbocycles. The summed E-state index contributed by atoms with van der Waals surface area (Å²) in [5, 5.41) is 10.5. The summed E-state index contributed by atoms with van der Waals surface area (Å²) in [6, 6.07) is 1.20. The molecule has 5 aliphatic rings. The Kier molecular flexibility index (Phi) is 8.05. The quantitative estimate of drug-likeness (QED) is 0.552. The Morgan fingerprint density at radius 1 is 0.969 bits per heavy atom. The lowest BCUT2D eigenvalue weighted by atomic mass is 9.78. The summed E-state index contributed by atoms with van der Waals surface area (Å²) >= 11 is 0. The maximum atomic E-state index is 5.91. The van der Waals surface area contributed by atoms with Crippen molar-refractivity contribution in [3.8, 4) is 0 Å². The smallest absolute Gasteiger partial charge is 0.0772 e. The van der Waals surface area contributed by atoms with Crippen LogP contribution in [0.1, 0.15) is 77.6 Å². The lowest BCUT2D eigenvalue weighted by Crippen LogP contribution is -2.68. The van der Waals surface area contributed by atoms with Gasteiger partial charge in [0.25, 0.3) is 0 Å². The van der Waals surface area contributed by atoms with Crippen molar-refractivity contribution in [3.63, 3.8) is 0 Å². The molecule has 8 unspecified atom stereocenters. The van der Waals surface area contributed by atoms with Gasteiger partial charge in [0.15, 0.2) is 0 Å². The Morgan fingerprint density at radius 2 is 1.91 bits per heavy atom. The predicted molar refractivity (Wildman–Crippen MR) is 127 cm³/mol. The molecule has 7 heteroatoms. The molecule has 8 atom stereocenters. The third kappa shape index (κ3) is 5.68. The van der Waals surface area contributed by atoms with E-state index in [1.54, 1.807) is 0 Å². The Bertz CT molecular complexity index is 583. The number of likely N-dealkylation sites (N-methyl/N-ethyl adjacent to an activating group) is 1. The van der Waals surface area contributed by atoms with Crippen molar-refractivity contribution >= 4 is 0 Å². The normalized spacial score (nSPS) is 44.0. The summed E-state index contributed by atoms with van der Waals surface area (Å²) in [6.07, 6.45) is 15.5. The number of ether oxygens (including phenoxy) is 2. The largest absolute Gasteiger partial charge is 0.380 e. The van der Waals surface area contributed by atoms with Crippen molar-refractivity contribution in [2.24, 2.45) is 11.8 Å². The van der Waals surface area contributed by atoms with E-state index in [0.717, 1.165) is 63.9 Å². The molecular weight excluding hydrogens is 402 g/mol. The van der Waals surface area contributed by atoms with Gasteiger partial charge in [0, 0.05) is 38.3 Å². The van der Waals surface area contributed by atoms with E-state index in [4.69, 9.17) is 9.47 Å². The van der Waals surface area contributed by atoms with Gasteiger partial charge in [0.2, 0.25) is 0 Å². The molecule has 4 aliphatic heterocycles. The first-order chi connectivity index (χ1) is 15.7. The van der Waals surface area contributed by atoms with Gasteiger partial charge in [-0.15, -0.1) is 0 Å². The summed E-state index contributed by atoms with van der Waals surface area (Å²) < 4.78 is 11.6.